The van der Waals surface area contributed by atoms with Crippen LogP contribution in [0.15, 0.2) is 71.6 Å². The fourth-order valence-corrected chi connectivity index (χ4v) is 6.06. The van der Waals surface area contributed by atoms with E-state index in [0.717, 1.165) is 27.7 Å². The summed E-state index contributed by atoms with van der Waals surface area (Å²) in [6, 6.07) is 19.1. The van der Waals surface area contributed by atoms with Crippen molar-refractivity contribution in [3.05, 3.63) is 77.9 Å². The van der Waals surface area contributed by atoms with Crippen LogP contribution in [0.1, 0.15) is 31.9 Å². The molecule has 3 aromatic carbocycles. The maximum absolute atomic E-state index is 13.6. The summed E-state index contributed by atoms with van der Waals surface area (Å²) in [5, 5.41) is 2.10. The first kappa shape index (κ1) is 22.6. The predicted octanol–water partition coefficient (Wildman–Crippen LogP) is 6.72. The Labute approximate surface area is 192 Å². The lowest BCUT2D eigenvalue weighted by atomic mass is 10.0. The smallest absolute Gasteiger partial charge is 0.264 e. The summed E-state index contributed by atoms with van der Waals surface area (Å²) in [7, 11) is -5.81. The first-order valence-corrected chi connectivity index (χ1v) is 15.3. The van der Waals surface area contributed by atoms with E-state index in [1.807, 2.05) is 55.5 Å². The SMILES string of the molecule is Cc1ccc(S(=O)(=O)N2CC=C(O[Si](C)(C)C(C)(C)C)c3cc4ccccc4cc32)cc1. The second kappa shape index (κ2) is 7.78. The van der Waals surface area contributed by atoms with Crippen molar-refractivity contribution in [1.29, 1.82) is 0 Å². The molecule has 3 aromatic rings. The van der Waals surface area contributed by atoms with Crippen LogP contribution in [0.3, 0.4) is 0 Å². The molecule has 0 aliphatic carbocycles. The zero-order valence-electron chi connectivity index (χ0n) is 19.6. The third-order valence-corrected chi connectivity index (χ3v) is 12.8. The lowest BCUT2D eigenvalue weighted by Crippen LogP contribution is -2.41. The van der Waals surface area contributed by atoms with Crippen LogP contribution in [0.5, 0.6) is 0 Å². The van der Waals surface area contributed by atoms with Crippen molar-refractivity contribution in [2.24, 2.45) is 0 Å². The van der Waals surface area contributed by atoms with E-state index in [2.05, 4.69) is 39.9 Å². The maximum Gasteiger partial charge on any atom is 0.264 e. The van der Waals surface area contributed by atoms with Crippen LogP contribution in [0.2, 0.25) is 18.1 Å². The molecule has 1 aliphatic rings. The van der Waals surface area contributed by atoms with Gasteiger partial charge in [-0.05, 0) is 66.2 Å². The van der Waals surface area contributed by atoms with Crippen LogP contribution >= 0.6 is 0 Å². The third kappa shape index (κ3) is 3.97. The van der Waals surface area contributed by atoms with Crippen LogP contribution in [0.4, 0.5) is 5.69 Å². The van der Waals surface area contributed by atoms with Crippen molar-refractivity contribution in [3.63, 3.8) is 0 Å². The fraction of sp³-hybridized carbons (Fsp3) is 0.308. The molecule has 0 amide bonds. The van der Waals surface area contributed by atoms with Crippen molar-refractivity contribution in [1.82, 2.24) is 0 Å². The van der Waals surface area contributed by atoms with Crippen LogP contribution in [-0.2, 0) is 14.4 Å². The monoisotopic (exact) mass is 465 g/mol. The predicted molar refractivity (Wildman–Crippen MR) is 136 cm³/mol. The molecule has 1 heterocycles. The van der Waals surface area contributed by atoms with Crippen molar-refractivity contribution < 1.29 is 12.8 Å². The maximum atomic E-state index is 13.6. The van der Waals surface area contributed by atoms with E-state index in [1.165, 1.54) is 4.31 Å². The van der Waals surface area contributed by atoms with Gasteiger partial charge in [0, 0.05) is 5.56 Å². The molecule has 0 saturated carbocycles. The van der Waals surface area contributed by atoms with Gasteiger partial charge in [-0.1, -0.05) is 62.7 Å². The number of sulfonamides is 1. The molecule has 0 radical (unpaired) electrons. The fourth-order valence-electron chi connectivity index (χ4n) is 3.60. The quantitative estimate of drug-likeness (QED) is 0.402. The van der Waals surface area contributed by atoms with Gasteiger partial charge in [0.25, 0.3) is 10.0 Å². The van der Waals surface area contributed by atoms with E-state index in [-0.39, 0.29) is 11.6 Å². The molecule has 0 bridgehead atoms. The normalized spacial score (nSPS) is 14.8. The Morgan fingerprint density at radius 2 is 1.53 bits per heavy atom. The van der Waals surface area contributed by atoms with Crippen molar-refractivity contribution in [3.8, 4) is 0 Å². The number of fused-ring (bicyclic) bond motifs is 2. The van der Waals surface area contributed by atoms with Gasteiger partial charge in [0.15, 0.2) is 0 Å². The molecular formula is C26H31NO3SSi. The van der Waals surface area contributed by atoms with E-state index in [9.17, 15) is 8.42 Å². The van der Waals surface area contributed by atoms with Gasteiger partial charge < -0.3 is 4.43 Å². The number of hydrogen-bond donors (Lipinski definition) is 0. The summed E-state index contributed by atoms with van der Waals surface area (Å²) in [6.45, 7) is 13.2. The number of anilines is 1. The molecule has 4 nitrogen and oxygen atoms in total. The summed E-state index contributed by atoms with van der Waals surface area (Å²) in [4.78, 5) is 0.296. The van der Waals surface area contributed by atoms with E-state index in [1.54, 1.807) is 12.1 Å². The molecule has 0 N–H and O–H groups in total. The number of rotatable bonds is 4. The van der Waals surface area contributed by atoms with Gasteiger partial charge in [-0.15, -0.1) is 0 Å². The average Bonchev–Trinajstić information content (AvgIpc) is 2.72. The Morgan fingerprint density at radius 1 is 0.938 bits per heavy atom. The molecular weight excluding hydrogens is 434 g/mol. The highest BCUT2D eigenvalue weighted by molar-refractivity contribution is 7.92. The summed E-state index contributed by atoms with van der Waals surface area (Å²) in [5.41, 5.74) is 2.52. The van der Waals surface area contributed by atoms with Crippen LogP contribution in [0, 0.1) is 6.92 Å². The summed E-state index contributed by atoms with van der Waals surface area (Å²) < 4.78 is 35.4. The number of hydrogen-bond acceptors (Lipinski definition) is 3. The lowest BCUT2D eigenvalue weighted by molar-refractivity contribution is 0.456. The minimum atomic E-state index is -3.71. The summed E-state index contributed by atoms with van der Waals surface area (Å²) >= 11 is 0. The average molecular weight is 466 g/mol. The van der Waals surface area contributed by atoms with Crippen molar-refractivity contribution in [2.45, 2.75) is 50.7 Å². The van der Waals surface area contributed by atoms with E-state index < -0.39 is 18.3 Å². The largest absolute Gasteiger partial charge is 0.543 e. The highest BCUT2D eigenvalue weighted by Gasteiger charge is 2.41. The molecule has 0 fully saturated rings. The van der Waals surface area contributed by atoms with E-state index in [0.29, 0.717) is 10.6 Å². The zero-order chi connectivity index (χ0) is 23.3. The topological polar surface area (TPSA) is 46.6 Å². The Balaban J connectivity index is 1.87. The Bertz CT molecular complexity index is 1300. The van der Waals surface area contributed by atoms with Gasteiger partial charge in [0.2, 0.25) is 8.32 Å². The second-order valence-corrected chi connectivity index (χ2v) is 16.6. The van der Waals surface area contributed by atoms with E-state index in [4.69, 9.17) is 4.43 Å². The van der Waals surface area contributed by atoms with Crippen LogP contribution < -0.4 is 4.31 Å². The molecule has 0 unspecified atom stereocenters. The van der Waals surface area contributed by atoms with Gasteiger partial charge >= 0.3 is 0 Å². The van der Waals surface area contributed by atoms with Crippen LogP contribution in [-0.4, -0.2) is 23.3 Å². The number of nitrogens with zero attached hydrogens (tertiary/aromatic N) is 1. The molecule has 0 saturated heterocycles. The van der Waals surface area contributed by atoms with Gasteiger partial charge in [-0.3, -0.25) is 4.31 Å². The highest BCUT2D eigenvalue weighted by Crippen LogP contribution is 2.44. The second-order valence-electron chi connectivity index (χ2n) is 10.00. The molecule has 0 aromatic heterocycles. The Hall–Kier alpha value is -2.57. The molecule has 6 heteroatoms. The first-order valence-electron chi connectivity index (χ1n) is 10.9. The molecule has 32 heavy (non-hydrogen) atoms. The summed E-state index contributed by atoms with van der Waals surface area (Å²) in [6.07, 6.45) is 1.92. The molecule has 4 rings (SSSR count). The standard InChI is InChI=1S/C26H31NO3SSi/c1-19-11-13-22(14-12-19)31(28,29)27-16-15-25(30-32(5,6)26(2,3)4)23-17-20-9-7-8-10-21(20)18-24(23)27/h7-15,17-18H,16H2,1-6H3. The number of aryl methyl sites for hydroxylation is 1. The highest BCUT2D eigenvalue weighted by atomic mass is 32.2. The zero-order valence-corrected chi connectivity index (χ0v) is 21.5. The third-order valence-electron chi connectivity index (χ3n) is 6.62. The van der Waals surface area contributed by atoms with Gasteiger partial charge in [-0.25, -0.2) is 8.42 Å². The van der Waals surface area contributed by atoms with Gasteiger partial charge in [0.1, 0.15) is 5.76 Å². The summed E-state index contributed by atoms with van der Waals surface area (Å²) in [5.74, 6) is 0.785. The van der Waals surface area contributed by atoms with Crippen molar-refractivity contribution >= 4 is 40.6 Å². The Kier molecular flexibility index (Phi) is 5.50. The molecule has 1 aliphatic heterocycles. The van der Waals surface area contributed by atoms with Gasteiger partial charge in [0.05, 0.1) is 17.1 Å². The van der Waals surface area contributed by atoms with Crippen LogP contribution in [0.25, 0.3) is 16.5 Å². The molecule has 0 spiro atoms. The Morgan fingerprint density at radius 3 is 2.12 bits per heavy atom. The lowest BCUT2D eigenvalue weighted by Gasteiger charge is -2.39. The molecule has 0 atom stereocenters. The first-order chi connectivity index (χ1) is 14.9. The van der Waals surface area contributed by atoms with Gasteiger partial charge in [-0.2, -0.15) is 0 Å². The van der Waals surface area contributed by atoms with E-state index >= 15 is 0 Å². The minimum Gasteiger partial charge on any atom is -0.543 e. The minimum absolute atomic E-state index is 0.0377. The molecule has 168 valence electrons. The van der Waals surface area contributed by atoms with Crippen molar-refractivity contribution in [2.75, 3.05) is 10.8 Å². The number of benzene rings is 3.